The molecule has 0 spiro atoms. The van der Waals surface area contributed by atoms with E-state index in [9.17, 15) is 9.59 Å². The molecule has 142 valence electrons. The summed E-state index contributed by atoms with van der Waals surface area (Å²) in [6.45, 7) is 3.04. The second-order valence-electron chi connectivity index (χ2n) is 7.45. The Bertz CT molecular complexity index is 803. The van der Waals surface area contributed by atoms with Gasteiger partial charge >= 0.3 is 6.09 Å². The van der Waals surface area contributed by atoms with Crippen molar-refractivity contribution in [1.29, 1.82) is 0 Å². The summed E-state index contributed by atoms with van der Waals surface area (Å²) in [7, 11) is 0. The van der Waals surface area contributed by atoms with Crippen LogP contribution in [0.5, 0.6) is 0 Å². The standard InChI is InChI=1S/C21H25N3O3/c1-2-23-13-17(12-22-23)20(25)16-10-18-8-9-19(11-16)24(18)21(26)27-14-15-6-4-3-5-7-15/h3-7,12-13,16,18-19H,2,8-11,14H2,1H3. The summed E-state index contributed by atoms with van der Waals surface area (Å²) in [5, 5.41) is 4.21. The first-order valence-electron chi connectivity index (χ1n) is 9.71. The first-order valence-corrected chi connectivity index (χ1v) is 9.71. The Labute approximate surface area is 159 Å². The van der Waals surface area contributed by atoms with Crippen molar-refractivity contribution in [3.8, 4) is 0 Å². The fourth-order valence-corrected chi connectivity index (χ4v) is 4.38. The van der Waals surface area contributed by atoms with Crippen LogP contribution in [0.15, 0.2) is 42.7 Å². The number of carbonyl (C=O) groups is 2. The summed E-state index contributed by atoms with van der Waals surface area (Å²) in [6.07, 6.45) is 6.56. The molecule has 27 heavy (non-hydrogen) atoms. The number of ether oxygens (including phenoxy) is 1. The molecule has 1 aromatic carbocycles. The van der Waals surface area contributed by atoms with Crippen LogP contribution in [-0.4, -0.2) is 38.6 Å². The molecule has 4 rings (SSSR count). The van der Waals surface area contributed by atoms with Gasteiger partial charge in [-0.2, -0.15) is 5.10 Å². The van der Waals surface area contributed by atoms with Crippen molar-refractivity contribution < 1.29 is 14.3 Å². The van der Waals surface area contributed by atoms with Gasteiger partial charge in [0, 0.05) is 30.7 Å². The van der Waals surface area contributed by atoms with E-state index in [0.717, 1.165) is 24.9 Å². The van der Waals surface area contributed by atoms with E-state index < -0.39 is 0 Å². The Morgan fingerprint density at radius 3 is 2.48 bits per heavy atom. The minimum absolute atomic E-state index is 0.0322. The molecule has 1 aromatic heterocycles. The molecule has 0 saturated carbocycles. The number of hydrogen-bond acceptors (Lipinski definition) is 4. The maximum absolute atomic E-state index is 12.8. The van der Waals surface area contributed by atoms with Crippen molar-refractivity contribution >= 4 is 11.9 Å². The molecule has 2 atom stereocenters. The number of ketones is 1. The highest BCUT2D eigenvalue weighted by atomic mass is 16.6. The van der Waals surface area contributed by atoms with Gasteiger partial charge < -0.3 is 9.64 Å². The maximum atomic E-state index is 12.8. The number of piperidine rings is 1. The maximum Gasteiger partial charge on any atom is 0.410 e. The predicted molar refractivity (Wildman–Crippen MR) is 100 cm³/mol. The third kappa shape index (κ3) is 3.61. The zero-order valence-corrected chi connectivity index (χ0v) is 15.6. The summed E-state index contributed by atoms with van der Waals surface area (Å²) >= 11 is 0. The monoisotopic (exact) mass is 367 g/mol. The van der Waals surface area contributed by atoms with Crippen LogP contribution in [0.25, 0.3) is 0 Å². The quantitative estimate of drug-likeness (QED) is 0.757. The highest BCUT2D eigenvalue weighted by Gasteiger charge is 2.46. The largest absolute Gasteiger partial charge is 0.445 e. The third-order valence-corrected chi connectivity index (χ3v) is 5.76. The Hall–Kier alpha value is -2.63. The average Bonchev–Trinajstić information content (AvgIpc) is 3.28. The molecule has 2 unspecified atom stereocenters. The summed E-state index contributed by atoms with van der Waals surface area (Å²) in [5.41, 5.74) is 1.66. The number of benzene rings is 1. The number of hydrogen-bond donors (Lipinski definition) is 0. The predicted octanol–water partition coefficient (Wildman–Crippen LogP) is 3.67. The highest BCUT2D eigenvalue weighted by molar-refractivity contribution is 5.97. The van der Waals surface area contributed by atoms with Crippen LogP contribution in [-0.2, 0) is 17.9 Å². The van der Waals surface area contributed by atoms with Crippen LogP contribution in [0.2, 0.25) is 0 Å². The Morgan fingerprint density at radius 1 is 1.15 bits per heavy atom. The van der Waals surface area contributed by atoms with E-state index in [-0.39, 0.29) is 36.5 Å². The Morgan fingerprint density at radius 2 is 1.85 bits per heavy atom. The van der Waals surface area contributed by atoms with E-state index >= 15 is 0 Å². The molecule has 2 bridgehead atoms. The molecule has 3 heterocycles. The second-order valence-corrected chi connectivity index (χ2v) is 7.45. The lowest BCUT2D eigenvalue weighted by molar-refractivity contribution is 0.0485. The van der Waals surface area contributed by atoms with Crippen molar-refractivity contribution in [2.75, 3.05) is 0 Å². The topological polar surface area (TPSA) is 64.4 Å². The smallest absolute Gasteiger partial charge is 0.410 e. The number of fused-ring (bicyclic) bond motifs is 2. The minimum atomic E-state index is -0.254. The van der Waals surface area contributed by atoms with E-state index in [2.05, 4.69) is 5.10 Å². The van der Waals surface area contributed by atoms with Crippen molar-refractivity contribution in [1.82, 2.24) is 14.7 Å². The molecular weight excluding hydrogens is 342 g/mol. The van der Waals surface area contributed by atoms with Crippen molar-refractivity contribution in [2.24, 2.45) is 5.92 Å². The molecule has 2 aliphatic rings. The lowest BCUT2D eigenvalue weighted by atomic mass is 9.85. The van der Waals surface area contributed by atoms with Gasteiger partial charge in [0.2, 0.25) is 0 Å². The number of carbonyl (C=O) groups excluding carboxylic acids is 2. The molecule has 0 radical (unpaired) electrons. The molecule has 6 nitrogen and oxygen atoms in total. The number of rotatable bonds is 5. The Balaban J connectivity index is 1.38. The van der Waals surface area contributed by atoms with Gasteiger partial charge in [0.1, 0.15) is 6.61 Å². The van der Waals surface area contributed by atoms with E-state index in [4.69, 9.17) is 4.74 Å². The zero-order chi connectivity index (χ0) is 18.8. The van der Waals surface area contributed by atoms with Gasteiger partial charge in [0.15, 0.2) is 5.78 Å². The number of Topliss-reactive ketones (excluding diaryl/α,β-unsaturated/α-hetero) is 1. The van der Waals surface area contributed by atoms with Gasteiger partial charge in [-0.1, -0.05) is 30.3 Å². The van der Waals surface area contributed by atoms with E-state index in [0.29, 0.717) is 18.4 Å². The van der Waals surface area contributed by atoms with Crippen molar-refractivity contribution in [3.63, 3.8) is 0 Å². The molecule has 0 aliphatic carbocycles. The van der Waals surface area contributed by atoms with Gasteiger partial charge in [0.05, 0.1) is 11.8 Å². The lowest BCUT2D eigenvalue weighted by Gasteiger charge is -2.37. The van der Waals surface area contributed by atoms with Gasteiger partial charge in [-0.3, -0.25) is 9.48 Å². The second kappa shape index (κ2) is 7.55. The molecule has 0 N–H and O–H groups in total. The number of amides is 1. The van der Waals surface area contributed by atoms with Gasteiger partial charge in [-0.15, -0.1) is 0 Å². The molecular formula is C21H25N3O3. The molecule has 2 aromatic rings. The van der Waals surface area contributed by atoms with Crippen LogP contribution < -0.4 is 0 Å². The summed E-state index contributed by atoms with van der Waals surface area (Å²) in [5.74, 6) is 0.124. The van der Waals surface area contributed by atoms with Crippen LogP contribution >= 0.6 is 0 Å². The van der Waals surface area contributed by atoms with Crippen LogP contribution in [0.3, 0.4) is 0 Å². The first-order chi connectivity index (χ1) is 13.2. The summed E-state index contributed by atoms with van der Waals surface area (Å²) < 4.78 is 7.31. The Kier molecular flexibility index (Phi) is 4.97. The van der Waals surface area contributed by atoms with Gasteiger partial charge in [-0.25, -0.2) is 4.79 Å². The third-order valence-electron chi connectivity index (χ3n) is 5.76. The normalized spacial score (nSPS) is 24.0. The van der Waals surface area contributed by atoms with E-state index in [1.807, 2.05) is 48.4 Å². The minimum Gasteiger partial charge on any atom is -0.445 e. The van der Waals surface area contributed by atoms with Crippen LogP contribution in [0, 0.1) is 5.92 Å². The SMILES string of the molecule is CCn1cc(C(=O)C2CC3CCC(C2)N3C(=O)OCc2ccccc2)cn1. The zero-order valence-electron chi connectivity index (χ0n) is 15.6. The van der Waals surface area contributed by atoms with Crippen molar-refractivity contribution in [3.05, 3.63) is 53.9 Å². The average molecular weight is 367 g/mol. The van der Waals surface area contributed by atoms with Gasteiger partial charge in [0.25, 0.3) is 0 Å². The lowest BCUT2D eigenvalue weighted by Crippen LogP contribution is -2.48. The number of aromatic nitrogens is 2. The molecule has 1 amide bonds. The highest BCUT2D eigenvalue weighted by Crippen LogP contribution is 2.40. The molecule has 2 fully saturated rings. The number of aryl methyl sites for hydroxylation is 1. The van der Waals surface area contributed by atoms with E-state index in [1.54, 1.807) is 10.9 Å². The molecule has 2 aliphatic heterocycles. The van der Waals surface area contributed by atoms with Crippen LogP contribution in [0.1, 0.15) is 48.5 Å². The summed E-state index contributed by atoms with van der Waals surface area (Å²) in [6, 6.07) is 9.91. The molecule has 2 saturated heterocycles. The fourth-order valence-electron chi connectivity index (χ4n) is 4.38. The summed E-state index contributed by atoms with van der Waals surface area (Å²) in [4.78, 5) is 27.4. The fraction of sp³-hybridized carbons (Fsp3) is 0.476. The van der Waals surface area contributed by atoms with E-state index in [1.165, 1.54) is 0 Å². The van der Waals surface area contributed by atoms with Crippen LogP contribution in [0.4, 0.5) is 4.79 Å². The first kappa shape index (κ1) is 17.8. The van der Waals surface area contributed by atoms with Crippen molar-refractivity contribution in [2.45, 2.75) is 57.8 Å². The molecule has 6 heteroatoms. The van der Waals surface area contributed by atoms with Gasteiger partial charge in [-0.05, 0) is 38.2 Å². The number of nitrogens with zero attached hydrogens (tertiary/aromatic N) is 3.